The van der Waals surface area contributed by atoms with Crippen molar-refractivity contribution in [3.63, 3.8) is 0 Å². The summed E-state index contributed by atoms with van der Waals surface area (Å²) in [5, 5.41) is 19.8. The Labute approximate surface area is 132 Å². The molecule has 23 heavy (non-hydrogen) atoms. The van der Waals surface area contributed by atoms with Gasteiger partial charge >= 0.3 is 11.9 Å². The summed E-state index contributed by atoms with van der Waals surface area (Å²) in [6, 6.07) is 5.46. The minimum absolute atomic E-state index is 0.0360. The number of benzene rings is 1. The molecular weight excluding hydrogens is 306 g/mol. The van der Waals surface area contributed by atoms with Gasteiger partial charge in [-0.1, -0.05) is 24.3 Å². The standard InChI is InChI=1S/C15H17NO7/c17-9-23-8-11-3-1-10(2-4-11)7-13(18)16-12(15(21)22)5-6-14(19)20/h1-4,9,12H,5-8H2,(H,16,18)(H,19,20)(H,21,22). The van der Waals surface area contributed by atoms with E-state index in [-0.39, 0.29) is 25.9 Å². The molecule has 1 aromatic rings. The van der Waals surface area contributed by atoms with Crippen LogP contribution in [0.25, 0.3) is 0 Å². The van der Waals surface area contributed by atoms with E-state index in [4.69, 9.17) is 10.2 Å². The molecule has 0 spiro atoms. The summed E-state index contributed by atoms with van der Waals surface area (Å²) >= 11 is 0. The molecule has 0 aliphatic heterocycles. The summed E-state index contributed by atoms with van der Waals surface area (Å²) in [6.07, 6.45) is -0.563. The Morgan fingerprint density at radius 2 is 1.74 bits per heavy atom. The summed E-state index contributed by atoms with van der Waals surface area (Å²) in [7, 11) is 0. The van der Waals surface area contributed by atoms with Crippen molar-refractivity contribution in [1.29, 1.82) is 0 Å². The number of carbonyl (C=O) groups excluding carboxylic acids is 2. The molecule has 1 amide bonds. The number of carboxylic acids is 2. The van der Waals surface area contributed by atoms with E-state index in [0.717, 1.165) is 5.56 Å². The van der Waals surface area contributed by atoms with Crippen LogP contribution in [-0.2, 0) is 36.9 Å². The monoisotopic (exact) mass is 323 g/mol. The third kappa shape index (κ3) is 7.07. The number of carboxylic acid groups (broad SMARTS) is 2. The summed E-state index contributed by atoms with van der Waals surface area (Å²) < 4.78 is 4.59. The highest BCUT2D eigenvalue weighted by molar-refractivity contribution is 5.85. The Morgan fingerprint density at radius 1 is 1.13 bits per heavy atom. The molecule has 0 radical (unpaired) electrons. The van der Waals surface area contributed by atoms with E-state index in [9.17, 15) is 19.2 Å². The molecule has 0 aromatic heterocycles. The number of carbonyl (C=O) groups is 4. The minimum Gasteiger partial charge on any atom is -0.481 e. The van der Waals surface area contributed by atoms with Gasteiger partial charge in [0, 0.05) is 6.42 Å². The highest BCUT2D eigenvalue weighted by atomic mass is 16.5. The fraction of sp³-hybridized carbons (Fsp3) is 0.333. The van der Waals surface area contributed by atoms with Crippen molar-refractivity contribution in [1.82, 2.24) is 5.32 Å². The number of nitrogens with one attached hydrogen (secondary N) is 1. The second-order valence-electron chi connectivity index (χ2n) is 4.79. The van der Waals surface area contributed by atoms with Gasteiger partial charge in [0.2, 0.25) is 5.91 Å². The van der Waals surface area contributed by atoms with E-state index in [1.807, 2.05) is 0 Å². The van der Waals surface area contributed by atoms with Crippen LogP contribution in [0.4, 0.5) is 0 Å². The normalized spacial score (nSPS) is 11.3. The Hall–Kier alpha value is -2.90. The van der Waals surface area contributed by atoms with E-state index < -0.39 is 23.9 Å². The second kappa shape index (κ2) is 9.19. The van der Waals surface area contributed by atoms with E-state index in [1.54, 1.807) is 24.3 Å². The van der Waals surface area contributed by atoms with E-state index in [1.165, 1.54) is 0 Å². The predicted octanol–water partition coefficient (Wildman–Crippen LogP) is 0.336. The molecule has 0 aliphatic rings. The largest absolute Gasteiger partial charge is 0.481 e. The molecule has 0 saturated carbocycles. The van der Waals surface area contributed by atoms with Gasteiger partial charge in [-0.3, -0.25) is 14.4 Å². The van der Waals surface area contributed by atoms with Gasteiger partial charge in [0.15, 0.2) is 0 Å². The quantitative estimate of drug-likeness (QED) is 0.529. The maximum absolute atomic E-state index is 11.8. The third-order valence-corrected chi connectivity index (χ3v) is 2.99. The first-order valence-corrected chi connectivity index (χ1v) is 6.79. The molecule has 3 N–H and O–H groups in total. The van der Waals surface area contributed by atoms with Crippen LogP contribution in [0.2, 0.25) is 0 Å². The molecule has 1 rings (SSSR count). The van der Waals surface area contributed by atoms with Crippen LogP contribution in [0.1, 0.15) is 24.0 Å². The Balaban J connectivity index is 2.54. The van der Waals surface area contributed by atoms with Crippen LogP contribution < -0.4 is 5.32 Å². The average Bonchev–Trinajstić information content (AvgIpc) is 2.50. The Kier molecular flexibility index (Phi) is 7.25. The molecule has 0 fully saturated rings. The van der Waals surface area contributed by atoms with Crippen LogP contribution in [0.3, 0.4) is 0 Å². The van der Waals surface area contributed by atoms with Gasteiger partial charge in [-0.25, -0.2) is 4.79 Å². The average molecular weight is 323 g/mol. The molecule has 8 heteroatoms. The maximum atomic E-state index is 11.8. The van der Waals surface area contributed by atoms with Gasteiger partial charge in [0.1, 0.15) is 12.6 Å². The smallest absolute Gasteiger partial charge is 0.326 e. The maximum Gasteiger partial charge on any atom is 0.326 e. The van der Waals surface area contributed by atoms with Gasteiger partial charge in [0.05, 0.1) is 6.42 Å². The van der Waals surface area contributed by atoms with Gasteiger partial charge < -0.3 is 20.3 Å². The van der Waals surface area contributed by atoms with E-state index in [2.05, 4.69) is 10.1 Å². The van der Waals surface area contributed by atoms with Gasteiger partial charge in [-0.05, 0) is 17.5 Å². The first-order valence-electron chi connectivity index (χ1n) is 6.79. The van der Waals surface area contributed by atoms with Crippen molar-refractivity contribution in [2.24, 2.45) is 0 Å². The summed E-state index contributed by atoms with van der Waals surface area (Å²) in [5.74, 6) is -2.92. The molecule has 0 bridgehead atoms. The molecule has 124 valence electrons. The molecule has 8 nitrogen and oxygen atoms in total. The predicted molar refractivity (Wildman–Crippen MR) is 77.4 cm³/mol. The molecule has 1 unspecified atom stereocenters. The second-order valence-corrected chi connectivity index (χ2v) is 4.79. The third-order valence-electron chi connectivity index (χ3n) is 2.99. The summed E-state index contributed by atoms with van der Waals surface area (Å²) in [5.41, 5.74) is 1.41. The first-order chi connectivity index (χ1) is 10.9. The topological polar surface area (TPSA) is 130 Å². The van der Waals surface area contributed by atoms with Gasteiger partial charge in [-0.15, -0.1) is 0 Å². The lowest BCUT2D eigenvalue weighted by Gasteiger charge is -2.13. The number of amides is 1. The van der Waals surface area contributed by atoms with Crippen molar-refractivity contribution < 1.29 is 34.1 Å². The molecule has 1 aromatic carbocycles. The summed E-state index contributed by atoms with van der Waals surface area (Å²) in [4.78, 5) is 43.4. The SMILES string of the molecule is O=COCc1ccc(CC(=O)NC(CCC(=O)O)C(=O)O)cc1. The lowest BCUT2D eigenvalue weighted by Crippen LogP contribution is -2.41. The molecular formula is C15H17NO7. The summed E-state index contributed by atoms with van der Waals surface area (Å²) in [6.45, 7) is 0.469. The number of aliphatic carboxylic acids is 2. The highest BCUT2D eigenvalue weighted by Crippen LogP contribution is 2.07. The van der Waals surface area contributed by atoms with E-state index >= 15 is 0 Å². The lowest BCUT2D eigenvalue weighted by molar-refractivity contribution is -0.143. The van der Waals surface area contributed by atoms with Crippen molar-refractivity contribution in [3.05, 3.63) is 35.4 Å². The van der Waals surface area contributed by atoms with Crippen molar-refractivity contribution in [3.8, 4) is 0 Å². The Bertz CT molecular complexity index is 568. The van der Waals surface area contributed by atoms with Crippen LogP contribution in [0.15, 0.2) is 24.3 Å². The van der Waals surface area contributed by atoms with Crippen molar-refractivity contribution in [2.45, 2.75) is 31.9 Å². The van der Waals surface area contributed by atoms with Crippen LogP contribution >= 0.6 is 0 Å². The van der Waals surface area contributed by atoms with Crippen LogP contribution in [0.5, 0.6) is 0 Å². The zero-order chi connectivity index (χ0) is 17.2. The lowest BCUT2D eigenvalue weighted by atomic mass is 10.1. The molecule has 1 atom stereocenters. The number of ether oxygens (including phenoxy) is 1. The number of hydrogen-bond donors (Lipinski definition) is 3. The highest BCUT2D eigenvalue weighted by Gasteiger charge is 2.20. The first kappa shape index (κ1) is 18.1. The zero-order valence-corrected chi connectivity index (χ0v) is 12.2. The zero-order valence-electron chi connectivity index (χ0n) is 12.2. The molecule has 0 aliphatic carbocycles. The fourth-order valence-corrected chi connectivity index (χ4v) is 1.84. The van der Waals surface area contributed by atoms with Crippen LogP contribution in [0, 0.1) is 0 Å². The number of hydrogen-bond acceptors (Lipinski definition) is 5. The van der Waals surface area contributed by atoms with Gasteiger partial charge in [-0.2, -0.15) is 0 Å². The van der Waals surface area contributed by atoms with Crippen LogP contribution in [-0.4, -0.2) is 40.6 Å². The molecule has 0 heterocycles. The van der Waals surface area contributed by atoms with Gasteiger partial charge in [0.25, 0.3) is 6.47 Å². The Morgan fingerprint density at radius 3 is 2.26 bits per heavy atom. The fourth-order valence-electron chi connectivity index (χ4n) is 1.84. The van der Waals surface area contributed by atoms with Crippen molar-refractivity contribution in [2.75, 3.05) is 0 Å². The van der Waals surface area contributed by atoms with E-state index in [0.29, 0.717) is 12.0 Å². The number of rotatable bonds is 10. The minimum atomic E-state index is -1.28. The molecule has 0 saturated heterocycles. The van der Waals surface area contributed by atoms with Crippen molar-refractivity contribution >= 4 is 24.3 Å².